The van der Waals surface area contributed by atoms with Crippen LogP contribution in [0.2, 0.25) is 0 Å². The highest BCUT2D eigenvalue weighted by Gasteiger charge is 2.36. The minimum absolute atomic E-state index is 0.0166. The Balaban J connectivity index is 1.87. The number of nitrogens with one attached hydrogen (secondary N) is 1. The van der Waals surface area contributed by atoms with Gasteiger partial charge in [0.1, 0.15) is 17.3 Å². The number of benzene rings is 2. The first kappa shape index (κ1) is 18.5. The molecule has 0 amide bonds. The van der Waals surface area contributed by atoms with Gasteiger partial charge in [-0.25, -0.2) is 0 Å². The molecule has 2 aromatic carbocycles. The van der Waals surface area contributed by atoms with Crippen LogP contribution in [0.25, 0.3) is 0 Å². The van der Waals surface area contributed by atoms with Crippen molar-refractivity contribution >= 4 is 5.78 Å². The van der Waals surface area contributed by atoms with Crippen molar-refractivity contribution in [2.75, 3.05) is 14.2 Å². The maximum absolute atomic E-state index is 12.9. The number of Topliss-reactive ketones (excluding diaryl/α,β-unsaturated/α-hetero) is 1. The Bertz CT molecular complexity index is 724. The molecule has 1 saturated heterocycles. The van der Waals surface area contributed by atoms with Crippen molar-refractivity contribution < 1.29 is 14.3 Å². The predicted molar refractivity (Wildman–Crippen MR) is 103 cm³/mol. The summed E-state index contributed by atoms with van der Waals surface area (Å²) in [5.74, 6) is 2.01. The van der Waals surface area contributed by atoms with Crippen molar-refractivity contribution in [3.8, 4) is 11.5 Å². The normalized spacial score (nSPS) is 22.9. The lowest BCUT2D eigenvalue weighted by molar-refractivity contribution is -0.127. The first-order valence-corrected chi connectivity index (χ1v) is 9.23. The van der Waals surface area contributed by atoms with Gasteiger partial charge in [-0.05, 0) is 41.8 Å². The lowest BCUT2D eigenvalue weighted by atomic mass is 9.79. The zero-order chi connectivity index (χ0) is 18.5. The Hall–Kier alpha value is -2.33. The minimum atomic E-state index is 0.0166. The summed E-state index contributed by atoms with van der Waals surface area (Å²) in [7, 11) is 3.32. The molecule has 1 heterocycles. The highest BCUT2D eigenvalue weighted by Crippen LogP contribution is 2.37. The first-order chi connectivity index (χ1) is 12.7. The Morgan fingerprint density at radius 1 is 0.923 bits per heavy atom. The van der Waals surface area contributed by atoms with Crippen LogP contribution >= 0.6 is 0 Å². The molecule has 0 aromatic heterocycles. The van der Waals surface area contributed by atoms with Crippen LogP contribution in [0.15, 0.2) is 48.5 Å². The van der Waals surface area contributed by atoms with E-state index < -0.39 is 0 Å². The van der Waals surface area contributed by atoms with E-state index in [1.807, 2.05) is 36.4 Å². The molecule has 0 spiro atoms. The Labute approximate surface area is 155 Å². The molecule has 2 aromatic rings. The number of rotatable bonds is 6. The summed E-state index contributed by atoms with van der Waals surface area (Å²) < 4.78 is 10.5. The van der Waals surface area contributed by atoms with Gasteiger partial charge in [0, 0.05) is 24.4 Å². The Morgan fingerprint density at radius 2 is 1.46 bits per heavy atom. The van der Waals surface area contributed by atoms with Crippen LogP contribution in [-0.2, 0) is 4.79 Å². The summed E-state index contributed by atoms with van der Waals surface area (Å²) >= 11 is 0. The third kappa shape index (κ3) is 3.91. The highest BCUT2D eigenvalue weighted by molar-refractivity contribution is 5.83. The van der Waals surface area contributed by atoms with E-state index in [2.05, 4.69) is 24.4 Å². The molecule has 26 heavy (non-hydrogen) atoms. The number of carbonyl (C=O) groups excluding carboxylic acids is 1. The number of methoxy groups -OCH3 is 2. The molecule has 1 aliphatic rings. The van der Waals surface area contributed by atoms with E-state index in [1.165, 1.54) is 0 Å². The average molecular weight is 353 g/mol. The Kier molecular flexibility index (Phi) is 5.94. The van der Waals surface area contributed by atoms with Crippen LogP contribution in [0.5, 0.6) is 11.5 Å². The topological polar surface area (TPSA) is 47.6 Å². The molecule has 4 heteroatoms. The van der Waals surface area contributed by atoms with Crippen molar-refractivity contribution in [3.63, 3.8) is 0 Å². The maximum atomic E-state index is 12.9. The SMILES string of the molecule is CCC[C@@H]1C(=O)C[C@@H](c2ccc(OC)cc2)N[C@@H]1c1ccc(OC)cc1. The number of hydrogen-bond acceptors (Lipinski definition) is 4. The molecular weight excluding hydrogens is 326 g/mol. The molecule has 4 nitrogen and oxygen atoms in total. The van der Waals surface area contributed by atoms with Crippen molar-refractivity contribution in [2.45, 2.75) is 38.3 Å². The molecule has 0 unspecified atom stereocenters. The van der Waals surface area contributed by atoms with Crippen LogP contribution < -0.4 is 14.8 Å². The van der Waals surface area contributed by atoms with Crippen molar-refractivity contribution in [1.82, 2.24) is 5.32 Å². The van der Waals surface area contributed by atoms with Crippen LogP contribution in [0.1, 0.15) is 49.4 Å². The number of carbonyl (C=O) groups is 1. The van der Waals surface area contributed by atoms with E-state index >= 15 is 0 Å². The zero-order valence-corrected chi connectivity index (χ0v) is 15.7. The summed E-state index contributed by atoms with van der Waals surface area (Å²) in [4.78, 5) is 12.9. The molecule has 138 valence electrons. The van der Waals surface area contributed by atoms with Gasteiger partial charge in [0.15, 0.2) is 0 Å². The molecule has 3 atom stereocenters. The van der Waals surface area contributed by atoms with Gasteiger partial charge in [0.25, 0.3) is 0 Å². The van der Waals surface area contributed by atoms with E-state index in [1.54, 1.807) is 14.2 Å². The molecule has 1 aliphatic heterocycles. The summed E-state index contributed by atoms with van der Waals surface area (Å²) in [6, 6.07) is 16.0. The van der Waals surface area contributed by atoms with E-state index in [0.29, 0.717) is 12.2 Å². The third-order valence-electron chi connectivity index (χ3n) is 5.19. The van der Waals surface area contributed by atoms with Gasteiger partial charge in [-0.2, -0.15) is 0 Å². The summed E-state index contributed by atoms with van der Waals surface area (Å²) in [5.41, 5.74) is 2.25. The third-order valence-corrected chi connectivity index (χ3v) is 5.19. The van der Waals surface area contributed by atoms with Crippen LogP contribution in [0, 0.1) is 5.92 Å². The van der Waals surface area contributed by atoms with Crippen molar-refractivity contribution in [1.29, 1.82) is 0 Å². The van der Waals surface area contributed by atoms with Gasteiger partial charge in [-0.15, -0.1) is 0 Å². The number of ether oxygens (including phenoxy) is 2. The quantitative estimate of drug-likeness (QED) is 0.833. The number of ketones is 1. The van der Waals surface area contributed by atoms with Crippen LogP contribution in [-0.4, -0.2) is 20.0 Å². The monoisotopic (exact) mass is 353 g/mol. The fourth-order valence-corrected chi connectivity index (χ4v) is 3.76. The van der Waals surface area contributed by atoms with Gasteiger partial charge >= 0.3 is 0 Å². The lowest BCUT2D eigenvalue weighted by Crippen LogP contribution is -2.42. The summed E-state index contributed by atoms with van der Waals surface area (Å²) in [6.07, 6.45) is 2.43. The number of hydrogen-bond donors (Lipinski definition) is 1. The van der Waals surface area contributed by atoms with Crippen LogP contribution in [0.4, 0.5) is 0 Å². The van der Waals surface area contributed by atoms with E-state index in [9.17, 15) is 4.79 Å². The minimum Gasteiger partial charge on any atom is -0.497 e. The van der Waals surface area contributed by atoms with Gasteiger partial charge in [0.05, 0.1) is 14.2 Å². The van der Waals surface area contributed by atoms with Crippen molar-refractivity contribution in [2.24, 2.45) is 5.92 Å². The second-order valence-electron chi connectivity index (χ2n) is 6.81. The lowest BCUT2D eigenvalue weighted by Gasteiger charge is -2.37. The van der Waals surface area contributed by atoms with Gasteiger partial charge in [-0.3, -0.25) is 4.79 Å². The predicted octanol–water partition coefficient (Wildman–Crippen LogP) is 4.46. The fraction of sp³-hybridized carbons (Fsp3) is 0.409. The van der Waals surface area contributed by atoms with E-state index in [-0.39, 0.29) is 18.0 Å². The summed E-state index contributed by atoms with van der Waals surface area (Å²) in [5, 5.41) is 3.72. The smallest absolute Gasteiger partial charge is 0.139 e. The van der Waals surface area contributed by atoms with E-state index in [0.717, 1.165) is 35.5 Å². The number of piperidine rings is 1. The largest absolute Gasteiger partial charge is 0.497 e. The second-order valence-corrected chi connectivity index (χ2v) is 6.81. The molecule has 0 aliphatic carbocycles. The maximum Gasteiger partial charge on any atom is 0.139 e. The van der Waals surface area contributed by atoms with Gasteiger partial charge < -0.3 is 14.8 Å². The summed E-state index contributed by atoms with van der Waals surface area (Å²) in [6.45, 7) is 2.13. The highest BCUT2D eigenvalue weighted by atomic mass is 16.5. The van der Waals surface area contributed by atoms with Gasteiger partial charge in [0.2, 0.25) is 0 Å². The molecule has 3 rings (SSSR count). The molecule has 0 radical (unpaired) electrons. The molecule has 0 bridgehead atoms. The second kappa shape index (κ2) is 8.37. The van der Waals surface area contributed by atoms with Crippen LogP contribution in [0.3, 0.4) is 0 Å². The molecule has 0 saturated carbocycles. The molecule has 1 N–H and O–H groups in total. The molecule has 1 fully saturated rings. The Morgan fingerprint density at radius 3 is 1.96 bits per heavy atom. The fourth-order valence-electron chi connectivity index (χ4n) is 3.76. The molecular formula is C22H27NO3. The average Bonchev–Trinajstić information content (AvgIpc) is 2.69. The van der Waals surface area contributed by atoms with Crippen molar-refractivity contribution in [3.05, 3.63) is 59.7 Å². The zero-order valence-electron chi connectivity index (χ0n) is 15.7. The van der Waals surface area contributed by atoms with E-state index in [4.69, 9.17) is 9.47 Å². The first-order valence-electron chi connectivity index (χ1n) is 9.23. The van der Waals surface area contributed by atoms with Gasteiger partial charge in [-0.1, -0.05) is 37.6 Å². The standard InChI is InChI=1S/C22H27NO3/c1-4-5-19-21(24)14-20(15-6-10-17(25-2)11-7-15)23-22(19)16-8-12-18(26-3)13-9-16/h6-13,19-20,22-23H,4-5,14H2,1-3H3/t19-,20+,22-/m1/s1.